The quantitative estimate of drug-likeness (QED) is 0.169. The molecule has 0 aliphatic heterocycles. The van der Waals surface area contributed by atoms with Gasteiger partial charge < -0.3 is 13.7 Å². The van der Waals surface area contributed by atoms with E-state index in [9.17, 15) is 0 Å². The average molecular weight is 770 g/mol. The van der Waals surface area contributed by atoms with Gasteiger partial charge in [0.1, 0.15) is 22.3 Å². The van der Waals surface area contributed by atoms with Crippen molar-refractivity contribution >= 4 is 60.9 Å². The lowest BCUT2D eigenvalue weighted by molar-refractivity contribution is 0.660. The van der Waals surface area contributed by atoms with E-state index in [4.69, 9.17) is 8.83 Å². The molecule has 0 saturated heterocycles. The minimum Gasteiger partial charge on any atom is -0.456 e. The molecule has 0 atom stereocenters. The summed E-state index contributed by atoms with van der Waals surface area (Å²) in [5, 5.41) is 4.36. The molecular weight excluding hydrogens is 731 g/mol. The summed E-state index contributed by atoms with van der Waals surface area (Å²) in [5.41, 5.74) is 18.5. The summed E-state index contributed by atoms with van der Waals surface area (Å²) in [6, 6.07) is 71.8. The van der Waals surface area contributed by atoms with Gasteiger partial charge in [-0.3, -0.25) is 0 Å². The van der Waals surface area contributed by atoms with Crippen molar-refractivity contribution in [3.63, 3.8) is 0 Å². The monoisotopic (exact) mass is 769 g/mol. The minimum atomic E-state index is -0.219. The van der Waals surface area contributed by atoms with Gasteiger partial charge in [0.15, 0.2) is 0 Å². The normalized spacial score (nSPS) is 13.0. The van der Waals surface area contributed by atoms with Crippen molar-refractivity contribution < 1.29 is 8.83 Å². The minimum absolute atomic E-state index is 0.219. The molecule has 60 heavy (non-hydrogen) atoms. The summed E-state index contributed by atoms with van der Waals surface area (Å²) in [6.07, 6.45) is 0. The molecule has 12 rings (SSSR count). The van der Waals surface area contributed by atoms with E-state index in [0.717, 1.165) is 83.2 Å². The summed E-state index contributed by atoms with van der Waals surface area (Å²) in [6.45, 7) is 4.72. The average Bonchev–Trinajstić information content (AvgIpc) is 3.95. The summed E-state index contributed by atoms with van der Waals surface area (Å²) in [7, 11) is 0. The number of benzene rings is 9. The molecule has 2 heterocycles. The summed E-state index contributed by atoms with van der Waals surface area (Å²) >= 11 is 0. The van der Waals surface area contributed by atoms with E-state index >= 15 is 0 Å². The number of hydrogen-bond acceptors (Lipinski definition) is 3. The van der Waals surface area contributed by atoms with Crippen molar-refractivity contribution in [3.05, 3.63) is 211 Å². The molecule has 284 valence electrons. The van der Waals surface area contributed by atoms with E-state index in [1.54, 1.807) is 0 Å². The molecule has 0 radical (unpaired) electrons. The maximum Gasteiger partial charge on any atom is 0.143 e. The number of rotatable bonds is 6. The van der Waals surface area contributed by atoms with Gasteiger partial charge in [-0.1, -0.05) is 159 Å². The second kappa shape index (κ2) is 13.2. The van der Waals surface area contributed by atoms with Crippen molar-refractivity contribution in [2.24, 2.45) is 0 Å². The molecule has 9 aromatic carbocycles. The third-order valence-corrected chi connectivity index (χ3v) is 12.7. The van der Waals surface area contributed by atoms with Crippen molar-refractivity contribution in [2.45, 2.75) is 19.3 Å². The number of fused-ring (bicyclic) bond motifs is 9. The van der Waals surface area contributed by atoms with E-state index in [0.29, 0.717) is 0 Å². The number of nitrogens with zero attached hydrogens (tertiary/aromatic N) is 1. The Bertz CT molecular complexity index is 3460. The van der Waals surface area contributed by atoms with E-state index in [-0.39, 0.29) is 5.41 Å². The molecule has 1 aliphatic carbocycles. The fourth-order valence-electron chi connectivity index (χ4n) is 9.76. The summed E-state index contributed by atoms with van der Waals surface area (Å²) in [4.78, 5) is 2.44. The first kappa shape index (κ1) is 34.4. The van der Waals surface area contributed by atoms with Crippen LogP contribution in [0.15, 0.2) is 209 Å². The van der Waals surface area contributed by atoms with Crippen LogP contribution in [0.4, 0.5) is 17.1 Å². The smallest absolute Gasteiger partial charge is 0.143 e. The van der Waals surface area contributed by atoms with Crippen LogP contribution in [-0.4, -0.2) is 0 Å². The summed E-state index contributed by atoms with van der Waals surface area (Å²) < 4.78 is 13.4. The molecule has 0 unspecified atom stereocenters. The molecule has 0 amide bonds. The molecule has 3 heteroatoms. The predicted molar refractivity (Wildman–Crippen MR) is 250 cm³/mol. The Labute approximate surface area is 348 Å². The van der Waals surface area contributed by atoms with Crippen LogP contribution in [0, 0.1) is 0 Å². The Balaban J connectivity index is 1.10. The zero-order valence-electron chi connectivity index (χ0n) is 33.3. The van der Waals surface area contributed by atoms with Gasteiger partial charge in [0.2, 0.25) is 0 Å². The fraction of sp³-hybridized carbons (Fsp3) is 0.0526. The molecule has 11 aromatic rings. The molecular formula is C57H39NO2. The van der Waals surface area contributed by atoms with Gasteiger partial charge in [0.05, 0.1) is 16.8 Å². The lowest BCUT2D eigenvalue weighted by Gasteiger charge is -2.30. The lowest BCUT2D eigenvalue weighted by Crippen LogP contribution is -2.17. The number of para-hydroxylation sites is 3. The zero-order chi connectivity index (χ0) is 40.0. The Morgan fingerprint density at radius 3 is 1.85 bits per heavy atom. The van der Waals surface area contributed by atoms with Gasteiger partial charge in [0.25, 0.3) is 0 Å². The highest BCUT2D eigenvalue weighted by molar-refractivity contribution is 6.15. The van der Waals surface area contributed by atoms with Crippen molar-refractivity contribution in [1.29, 1.82) is 0 Å². The first-order chi connectivity index (χ1) is 29.5. The van der Waals surface area contributed by atoms with Crippen molar-refractivity contribution in [1.82, 2.24) is 0 Å². The molecule has 0 spiro atoms. The highest BCUT2D eigenvalue weighted by atomic mass is 16.3. The second-order valence-corrected chi connectivity index (χ2v) is 16.4. The first-order valence-corrected chi connectivity index (χ1v) is 20.7. The molecule has 0 fully saturated rings. The van der Waals surface area contributed by atoms with Crippen LogP contribution in [0.25, 0.3) is 88.4 Å². The van der Waals surface area contributed by atoms with Crippen LogP contribution >= 0.6 is 0 Å². The number of hydrogen-bond donors (Lipinski definition) is 0. The Morgan fingerprint density at radius 2 is 1.02 bits per heavy atom. The molecule has 0 N–H and O–H groups in total. The second-order valence-electron chi connectivity index (χ2n) is 16.4. The first-order valence-electron chi connectivity index (χ1n) is 20.7. The van der Waals surface area contributed by atoms with Crippen LogP contribution in [0.1, 0.15) is 25.0 Å². The van der Waals surface area contributed by atoms with Crippen molar-refractivity contribution in [3.8, 4) is 44.5 Å². The SMILES string of the molecule is CC1(C)c2ccc(-c3ccccc3)cc2-c2ccc(N(c3ccccc3-c3cccc4c3oc3ccccc34)c3cccc4oc5cc(-c6ccccc6)ccc5c34)cc21. The Hall–Kier alpha value is -7.62. The van der Waals surface area contributed by atoms with Gasteiger partial charge >= 0.3 is 0 Å². The number of anilines is 3. The third-order valence-electron chi connectivity index (χ3n) is 12.7. The van der Waals surface area contributed by atoms with Crippen LogP contribution in [-0.2, 0) is 5.41 Å². The van der Waals surface area contributed by atoms with Crippen molar-refractivity contribution in [2.75, 3.05) is 4.90 Å². The molecule has 0 bridgehead atoms. The summed E-state index contributed by atoms with van der Waals surface area (Å²) in [5.74, 6) is 0. The van der Waals surface area contributed by atoms with Crippen LogP contribution < -0.4 is 4.90 Å². The van der Waals surface area contributed by atoms with Gasteiger partial charge in [-0.25, -0.2) is 0 Å². The largest absolute Gasteiger partial charge is 0.456 e. The van der Waals surface area contributed by atoms with Gasteiger partial charge in [0, 0.05) is 38.4 Å². The van der Waals surface area contributed by atoms with E-state index in [2.05, 4.69) is 213 Å². The van der Waals surface area contributed by atoms with Crippen LogP contribution in [0.3, 0.4) is 0 Å². The Kier molecular flexibility index (Phi) is 7.58. The highest BCUT2D eigenvalue weighted by Gasteiger charge is 2.36. The molecule has 3 nitrogen and oxygen atoms in total. The Morgan fingerprint density at radius 1 is 0.367 bits per heavy atom. The molecule has 2 aromatic heterocycles. The fourth-order valence-corrected chi connectivity index (χ4v) is 9.76. The van der Waals surface area contributed by atoms with Gasteiger partial charge in [-0.15, -0.1) is 0 Å². The highest BCUT2D eigenvalue weighted by Crippen LogP contribution is 2.53. The third kappa shape index (κ3) is 5.22. The standard InChI is InChI=1S/C57H39NO2/c1-57(2)48-32-28-38(36-15-5-3-6-16-36)33-47(48)41-31-29-40(35-49(41)57)58(50-23-11-9-19-42(50)44-21-13-22-45-43-20-10-12-25-52(43)60-56(44)45)51-24-14-26-53-55(51)46-30-27-39(34-54(46)59-53)37-17-7-4-8-18-37/h3-35H,1-2H3. The van der Waals surface area contributed by atoms with Crippen LogP contribution in [0.2, 0.25) is 0 Å². The maximum atomic E-state index is 6.74. The van der Waals surface area contributed by atoms with E-state index in [1.165, 1.54) is 33.4 Å². The topological polar surface area (TPSA) is 29.5 Å². The maximum absolute atomic E-state index is 6.74. The molecule has 0 saturated carbocycles. The molecule has 1 aliphatic rings. The van der Waals surface area contributed by atoms with E-state index in [1.807, 2.05) is 6.07 Å². The van der Waals surface area contributed by atoms with Crippen LogP contribution in [0.5, 0.6) is 0 Å². The van der Waals surface area contributed by atoms with E-state index < -0.39 is 0 Å². The predicted octanol–water partition coefficient (Wildman–Crippen LogP) is 16.3. The lowest BCUT2D eigenvalue weighted by atomic mass is 9.82. The van der Waals surface area contributed by atoms with Gasteiger partial charge in [-0.2, -0.15) is 0 Å². The zero-order valence-corrected chi connectivity index (χ0v) is 33.3. The van der Waals surface area contributed by atoms with Gasteiger partial charge in [-0.05, 0) is 99.1 Å². The number of furan rings is 2.